The SMILES string of the molecule is O=C(Nc1nc(-c2cccc([N+](=O)[O-])c2)cs1)c1ccc(C(=O)Nc2nc(-c3cccc([N+](=O)[O-])c3)cs2)s1. The smallest absolute Gasteiger partial charge is 0.270 e. The zero-order chi connectivity index (χ0) is 27.5. The van der Waals surface area contributed by atoms with Crippen molar-refractivity contribution in [2.24, 2.45) is 0 Å². The van der Waals surface area contributed by atoms with E-state index >= 15 is 0 Å². The number of non-ortho nitro benzene ring substituents is 2. The van der Waals surface area contributed by atoms with Crippen LogP contribution in [-0.4, -0.2) is 31.6 Å². The number of aromatic nitrogens is 2. The molecule has 5 aromatic rings. The van der Waals surface area contributed by atoms with E-state index in [9.17, 15) is 29.8 Å². The Labute approximate surface area is 230 Å². The van der Waals surface area contributed by atoms with Crippen LogP contribution in [0.2, 0.25) is 0 Å². The zero-order valence-electron chi connectivity index (χ0n) is 19.4. The first-order valence-corrected chi connectivity index (χ1v) is 13.5. The molecule has 0 saturated carbocycles. The second kappa shape index (κ2) is 10.9. The summed E-state index contributed by atoms with van der Waals surface area (Å²) in [6.45, 7) is 0. The third-order valence-corrected chi connectivity index (χ3v) is 7.81. The standard InChI is InChI=1S/C24H14N6O6S3/c31-21(27-23-25-17(11-37-23)13-3-1-5-15(9-13)29(33)34)19-7-8-20(39-19)22(32)28-24-26-18(12-38-24)14-4-2-6-16(10-14)30(35)36/h1-12H,(H,25,27,31)(H,26,28,32). The lowest BCUT2D eigenvalue weighted by Gasteiger charge is -2.00. The van der Waals surface area contributed by atoms with E-state index in [4.69, 9.17) is 0 Å². The molecule has 3 heterocycles. The van der Waals surface area contributed by atoms with Gasteiger partial charge in [-0.3, -0.25) is 40.5 Å². The fourth-order valence-electron chi connectivity index (χ4n) is 3.38. The van der Waals surface area contributed by atoms with Crippen LogP contribution in [0.15, 0.2) is 71.4 Å². The van der Waals surface area contributed by atoms with Crippen LogP contribution in [0.3, 0.4) is 0 Å². The van der Waals surface area contributed by atoms with Crippen molar-refractivity contribution in [2.45, 2.75) is 0 Å². The lowest BCUT2D eigenvalue weighted by Crippen LogP contribution is -2.11. The number of thiophene rings is 1. The molecule has 0 aliphatic carbocycles. The number of rotatable bonds is 8. The van der Waals surface area contributed by atoms with Crippen molar-refractivity contribution < 1.29 is 19.4 Å². The average Bonchev–Trinajstić information content (AvgIpc) is 3.70. The molecule has 2 amide bonds. The van der Waals surface area contributed by atoms with E-state index in [1.54, 1.807) is 35.0 Å². The van der Waals surface area contributed by atoms with E-state index in [-0.39, 0.29) is 21.1 Å². The Hall–Kier alpha value is -4.86. The van der Waals surface area contributed by atoms with Gasteiger partial charge in [0, 0.05) is 46.2 Å². The fraction of sp³-hybridized carbons (Fsp3) is 0. The Bertz CT molecular complexity index is 1620. The maximum atomic E-state index is 12.7. The maximum Gasteiger partial charge on any atom is 0.270 e. The van der Waals surface area contributed by atoms with E-state index in [1.165, 1.54) is 59.1 Å². The van der Waals surface area contributed by atoms with Crippen LogP contribution in [0.5, 0.6) is 0 Å². The average molecular weight is 579 g/mol. The van der Waals surface area contributed by atoms with E-state index in [2.05, 4.69) is 20.6 Å². The summed E-state index contributed by atoms with van der Waals surface area (Å²) in [6, 6.07) is 15.1. The zero-order valence-corrected chi connectivity index (χ0v) is 21.8. The Morgan fingerprint density at radius 3 is 1.54 bits per heavy atom. The van der Waals surface area contributed by atoms with Crippen molar-refractivity contribution in [1.29, 1.82) is 0 Å². The number of thiazole rings is 2. The number of amides is 2. The molecule has 0 saturated heterocycles. The van der Waals surface area contributed by atoms with E-state index in [0.717, 1.165) is 11.3 Å². The number of benzene rings is 2. The number of nitro groups is 2. The number of nitro benzene ring substituents is 2. The van der Waals surface area contributed by atoms with E-state index in [1.807, 2.05) is 0 Å². The Morgan fingerprint density at radius 1 is 0.692 bits per heavy atom. The molecular weight excluding hydrogens is 565 g/mol. The molecule has 0 bridgehead atoms. The van der Waals surface area contributed by atoms with Gasteiger partial charge in [-0.15, -0.1) is 34.0 Å². The van der Waals surface area contributed by atoms with Gasteiger partial charge < -0.3 is 0 Å². The van der Waals surface area contributed by atoms with Crippen molar-refractivity contribution in [3.05, 3.63) is 101 Å². The number of nitrogens with zero attached hydrogens (tertiary/aromatic N) is 4. The molecule has 2 aromatic carbocycles. The highest BCUT2D eigenvalue weighted by Crippen LogP contribution is 2.30. The summed E-state index contributed by atoms with van der Waals surface area (Å²) >= 11 is 3.32. The summed E-state index contributed by atoms with van der Waals surface area (Å²) < 4.78 is 0. The molecule has 5 rings (SSSR count). The molecule has 0 aliphatic heterocycles. The van der Waals surface area contributed by atoms with Gasteiger partial charge in [-0.25, -0.2) is 9.97 Å². The number of nitrogens with one attached hydrogen (secondary N) is 2. The van der Waals surface area contributed by atoms with Crippen molar-refractivity contribution in [3.8, 4) is 22.5 Å². The second-order valence-electron chi connectivity index (χ2n) is 7.76. The van der Waals surface area contributed by atoms with Crippen molar-refractivity contribution in [3.63, 3.8) is 0 Å². The number of anilines is 2. The largest absolute Gasteiger partial charge is 0.297 e. The normalized spacial score (nSPS) is 10.7. The lowest BCUT2D eigenvalue weighted by atomic mass is 10.1. The third-order valence-electron chi connectivity index (χ3n) is 5.21. The summed E-state index contributed by atoms with van der Waals surface area (Å²) in [4.78, 5) is 55.7. The molecule has 0 fully saturated rings. The molecule has 194 valence electrons. The van der Waals surface area contributed by atoms with Gasteiger partial charge in [-0.2, -0.15) is 0 Å². The van der Waals surface area contributed by atoms with Gasteiger partial charge in [0.1, 0.15) is 0 Å². The third kappa shape index (κ3) is 5.85. The molecule has 12 nitrogen and oxygen atoms in total. The van der Waals surface area contributed by atoms with Crippen molar-refractivity contribution >= 4 is 67.5 Å². The van der Waals surface area contributed by atoms with Crippen LogP contribution < -0.4 is 10.6 Å². The van der Waals surface area contributed by atoms with Crippen LogP contribution in [0.1, 0.15) is 19.3 Å². The van der Waals surface area contributed by atoms with Crippen molar-refractivity contribution in [1.82, 2.24) is 9.97 Å². The maximum absolute atomic E-state index is 12.7. The van der Waals surface area contributed by atoms with Gasteiger partial charge in [0.05, 0.1) is 31.0 Å². The highest BCUT2D eigenvalue weighted by atomic mass is 32.1. The second-order valence-corrected chi connectivity index (χ2v) is 10.6. The molecule has 0 atom stereocenters. The van der Waals surface area contributed by atoms with Gasteiger partial charge in [0.15, 0.2) is 10.3 Å². The predicted molar refractivity (Wildman–Crippen MR) is 149 cm³/mol. The first-order valence-electron chi connectivity index (χ1n) is 10.9. The highest BCUT2D eigenvalue weighted by molar-refractivity contribution is 7.17. The van der Waals surface area contributed by atoms with E-state index < -0.39 is 21.7 Å². The van der Waals surface area contributed by atoms with Crippen LogP contribution in [0, 0.1) is 20.2 Å². The summed E-state index contributed by atoms with van der Waals surface area (Å²) in [5.41, 5.74) is 1.94. The fourth-order valence-corrected chi connectivity index (χ4v) is 5.61. The molecule has 0 spiro atoms. The van der Waals surface area contributed by atoms with Crippen LogP contribution in [0.4, 0.5) is 21.6 Å². The predicted octanol–water partition coefficient (Wildman–Crippen LogP) is 6.32. The minimum absolute atomic E-state index is 0.0616. The van der Waals surface area contributed by atoms with E-state index in [0.29, 0.717) is 32.8 Å². The first kappa shape index (κ1) is 25.8. The quantitative estimate of drug-likeness (QED) is 0.159. The van der Waals surface area contributed by atoms with Gasteiger partial charge in [-0.05, 0) is 12.1 Å². The van der Waals surface area contributed by atoms with Crippen molar-refractivity contribution in [2.75, 3.05) is 10.6 Å². The Balaban J connectivity index is 1.23. The lowest BCUT2D eigenvalue weighted by molar-refractivity contribution is -0.385. The number of hydrogen-bond donors (Lipinski definition) is 2. The Morgan fingerprint density at radius 2 is 1.13 bits per heavy atom. The summed E-state index contributed by atoms with van der Waals surface area (Å²) in [7, 11) is 0. The summed E-state index contributed by atoms with van der Waals surface area (Å²) in [5.74, 6) is -0.914. The molecule has 39 heavy (non-hydrogen) atoms. The molecule has 3 aromatic heterocycles. The first-order chi connectivity index (χ1) is 18.8. The van der Waals surface area contributed by atoms with Gasteiger partial charge in [0.25, 0.3) is 23.2 Å². The monoisotopic (exact) mass is 578 g/mol. The van der Waals surface area contributed by atoms with Gasteiger partial charge >= 0.3 is 0 Å². The van der Waals surface area contributed by atoms with Crippen LogP contribution >= 0.6 is 34.0 Å². The molecule has 15 heteroatoms. The summed E-state index contributed by atoms with van der Waals surface area (Å²) in [5, 5.41) is 31.3. The topological polar surface area (TPSA) is 170 Å². The van der Waals surface area contributed by atoms with Gasteiger partial charge in [-0.1, -0.05) is 24.3 Å². The number of hydrogen-bond acceptors (Lipinski definition) is 11. The number of carbonyl (C=O) groups excluding carboxylic acids is 2. The molecule has 0 radical (unpaired) electrons. The minimum Gasteiger partial charge on any atom is -0.297 e. The number of carbonyl (C=O) groups is 2. The highest BCUT2D eigenvalue weighted by Gasteiger charge is 2.18. The Kier molecular flexibility index (Phi) is 7.18. The minimum atomic E-state index is -0.492. The molecule has 0 unspecified atom stereocenters. The molecule has 2 N–H and O–H groups in total. The van der Waals surface area contributed by atoms with Gasteiger partial charge in [0.2, 0.25) is 0 Å². The molecule has 0 aliphatic rings. The van der Waals surface area contributed by atoms with Crippen LogP contribution in [-0.2, 0) is 0 Å². The molecular formula is C24H14N6O6S3. The summed E-state index contributed by atoms with van der Waals surface area (Å²) in [6.07, 6.45) is 0. The van der Waals surface area contributed by atoms with Crippen LogP contribution in [0.25, 0.3) is 22.5 Å².